The fraction of sp³-hybridized carbons (Fsp3) is 0.500. The van der Waals surface area contributed by atoms with Crippen molar-refractivity contribution in [3.05, 3.63) is 35.7 Å². The summed E-state index contributed by atoms with van der Waals surface area (Å²) in [5, 5.41) is 11.5. The van der Waals surface area contributed by atoms with E-state index in [-0.39, 0.29) is 17.9 Å². The maximum atomic E-state index is 13.1. The molecule has 1 saturated heterocycles. The van der Waals surface area contributed by atoms with Crippen LogP contribution in [-0.2, 0) is 4.79 Å². The first kappa shape index (κ1) is 18.0. The topological polar surface area (TPSA) is 84.2 Å². The van der Waals surface area contributed by atoms with E-state index in [0.717, 1.165) is 18.5 Å². The van der Waals surface area contributed by atoms with Gasteiger partial charge in [0.05, 0.1) is 5.69 Å². The van der Waals surface area contributed by atoms with E-state index in [4.69, 9.17) is 0 Å². The molecule has 0 N–H and O–H groups in total. The first-order valence-electron chi connectivity index (χ1n) is 8.94. The Balaban J connectivity index is 1.87. The van der Waals surface area contributed by atoms with Crippen molar-refractivity contribution in [3.63, 3.8) is 0 Å². The Bertz CT molecular complexity index is 802. The van der Waals surface area contributed by atoms with Gasteiger partial charge in [-0.1, -0.05) is 25.8 Å². The normalized spacial score (nSPS) is 17.7. The van der Waals surface area contributed by atoms with E-state index in [2.05, 4.69) is 22.4 Å². The first-order chi connectivity index (χ1) is 12.5. The number of piperazine rings is 1. The van der Waals surface area contributed by atoms with Crippen molar-refractivity contribution in [2.45, 2.75) is 39.2 Å². The number of likely N-dealkylation sites (N-methyl/N-ethyl adjacent to an activating group) is 1. The Morgan fingerprint density at radius 1 is 1.31 bits per heavy atom. The molecule has 2 heterocycles. The Morgan fingerprint density at radius 3 is 2.81 bits per heavy atom. The molecular formula is C18H24N6O2. The zero-order valence-electron chi connectivity index (χ0n) is 15.4. The van der Waals surface area contributed by atoms with Gasteiger partial charge in [-0.15, -0.1) is 5.10 Å². The number of amides is 2. The second-order valence-corrected chi connectivity index (χ2v) is 6.60. The summed E-state index contributed by atoms with van der Waals surface area (Å²) in [4.78, 5) is 29.1. The van der Waals surface area contributed by atoms with Crippen LogP contribution in [-0.4, -0.2) is 68.0 Å². The van der Waals surface area contributed by atoms with Gasteiger partial charge in [0.25, 0.3) is 5.91 Å². The molecule has 3 rings (SSSR count). The molecule has 2 amide bonds. The van der Waals surface area contributed by atoms with Crippen LogP contribution in [0.1, 0.15) is 42.4 Å². The molecule has 0 aliphatic carbocycles. The highest BCUT2D eigenvalue weighted by molar-refractivity contribution is 5.98. The number of hydrogen-bond donors (Lipinski definition) is 0. The number of tetrazole rings is 1. The van der Waals surface area contributed by atoms with E-state index < -0.39 is 0 Å². The molecule has 0 saturated carbocycles. The predicted molar refractivity (Wildman–Crippen MR) is 95.9 cm³/mol. The molecule has 1 aliphatic heterocycles. The molecule has 2 aromatic rings. The van der Waals surface area contributed by atoms with Gasteiger partial charge in [-0.2, -0.15) is 4.68 Å². The molecule has 0 bridgehead atoms. The molecule has 0 unspecified atom stereocenters. The van der Waals surface area contributed by atoms with Gasteiger partial charge in [0, 0.05) is 25.7 Å². The van der Waals surface area contributed by atoms with Gasteiger partial charge < -0.3 is 9.80 Å². The SMILES string of the molecule is CCCC[C@@H]1C(=O)N(C)CCN1C(=O)c1cccc(-n2nnnc2C)c1. The number of unbranched alkanes of at least 4 members (excludes halogenated alkanes) is 1. The summed E-state index contributed by atoms with van der Waals surface area (Å²) in [6.45, 7) is 4.98. The van der Waals surface area contributed by atoms with E-state index in [0.29, 0.717) is 30.9 Å². The van der Waals surface area contributed by atoms with Crippen LogP contribution in [0.15, 0.2) is 24.3 Å². The molecule has 1 fully saturated rings. The van der Waals surface area contributed by atoms with Crippen LogP contribution >= 0.6 is 0 Å². The van der Waals surface area contributed by atoms with Crippen LogP contribution in [0.4, 0.5) is 0 Å². The fourth-order valence-corrected chi connectivity index (χ4v) is 3.24. The maximum absolute atomic E-state index is 13.1. The number of benzene rings is 1. The smallest absolute Gasteiger partial charge is 0.254 e. The lowest BCUT2D eigenvalue weighted by molar-refractivity contribution is -0.138. The minimum absolute atomic E-state index is 0.0190. The quantitative estimate of drug-likeness (QED) is 0.809. The minimum Gasteiger partial charge on any atom is -0.342 e. The zero-order chi connectivity index (χ0) is 18.7. The van der Waals surface area contributed by atoms with Crippen molar-refractivity contribution in [2.75, 3.05) is 20.1 Å². The molecule has 1 aromatic heterocycles. The minimum atomic E-state index is -0.389. The van der Waals surface area contributed by atoms with Gasteiger partial charge in [0.1, 0.15) is 6.04 Å². The van der Waals surface area contributed by atoms with E-state index in [1.807, 2.05) is 12.1 Å². The molecule has 1 aromatic carbocycles. The largest absolute Gasteiger partial charge is 0.342 e. The van der Waals surface area contributed by atoms with E-state index in [9.17, 15) is 9.59 Å². The summed E-state index contributed by atoms with van der Waals surface area (Å²) >= 11 is 0. The number of rotatable bonds is 5. The highest BCUT2D eigenvalue weighted by Gasteiger charge is 2.35. The van der Waals surface area contributed by atoms with Gasteiger partial charge >= 0.3 is 0 Å². The average Bonchev–Trinajstić information content (AvgIpc) is 3.08. The van der Waals surface area contributed by atoms with E-state index in [1.54, 1.807) is 40.6 Å². The lowest BCUT2D eigenvalue weighted by Gasteiger charge is -2.39. The zero-order valence-corrected chi connectivity index (χ0v) is 15.4. The highest BCUT2D eigenvalue weighted by Crippen LogP contribution is 2.20. The standard InChI is InChI=1S/C18H24N6O2/c1-4-5-9-16-18(26)22(3)10-11-23(16)17(25)14-7-6-8-15(12-14)24-13(2)19-20-21-24/h6-8,12,16H,4-5,9-11H2,1-3H3/t16-/m1/s1. The third kappa shape index (κ3) is 3.44. The Kier molecular flexibility index (Phi) is 5.29. The van der Waals surface area contributed by atoms with E-state index >= 15 is 0 Å². The second-order valence-electron chi connectivity index (χ2n) is 6.60. The summed E-state index contributed by atoms with van der Waals surface area (Å²) in [5.74, 6) is 0.538. The number of nitrogens with zero attached hydrogens (tertiary/aromatic N) is 6. The third-order valence-corrected chi connectivity index (χ3v) is 4.77. The third-order valence-electron chi connectivity index (χ3n) is 4.77. The number of hydrogen-bond acceptors (Lipinski definition) is 5. The second kappa shape index (κ2) is 7.63. The van der Waals surface area contributed by atoms with Crippen LogP contribution in [0.5, 0.6) is 0 Å². The van der Waals surface area contributed by atoms with Gasteiger partial charge in [-0.3, -0.25) is 9.59 Å². The molecule has 1 atom stereocenters. The van der Waals surface area contributed by atoms with Crippen molar-refractivity contribution >= 4 is 11.8 Å². The summed E-state index contributed by atoms with van der Waals surface area (Å²) < 4.78 is 1.58. The van der Waals surface area contributed by atoms with Crippen LogP contribution in [0.25, 0.3) is 5.69 Å². The number of aromatic nitrogens is 4. The number of carbonyl (C=O) groups is 2. The maximum Gasteiger partial charge on any atom is 0.254 e. The fourth-order valence-electron chi connectivity index (χ4n) is 3.24. The molecule has 8 nitrogen and oxygen atoms in total. The highest BCUT2D eigenvalue weighted by atomic mass is 16.2. The predicted octanol–water partition coefficient (Wildman–Crippen LogP) is 1.44. The lowest BCUT2D eigenvalue weighted by Crippen LogP contribution is -2.57. The van der Waals surface area contributed by atoms with Gasteiger partial charge in [0.2, 0.25) is 5.91 Å². The van der Waals surface area contributed by atoms with Crippen LogP contribution < -0.4 is 0 Å². The Hall–Kier alpha value is -2.77. The summed E-state index contributed by atoms with van der Waals surface area (Å²) in [6, 6.07) is 6.81. The molecule has 0 spiro atoms. The average molecular weight is 356 g/mol. The number of aryl methyl sites for hydroxylation is 1. The Morgan fingerprint density at radius 2 is 2.12 bits per heavy atom. The molecule has 8 heteroatoms. The van der Waals surface area contributed by atoms with Crippen molar-refractivity contribution < 1.29 is 9.59 Å². The molecule has 138 valence electrons. The monoisotopic (exact) mass is 356 g/mol. The van der Waals surface area contributed by atoms with Crippen molar-refractivity contribution in [2.24, 2.45) is 0 Å². The summed E-state index contributed by atoms with van der Waals surface area (Å²) in [6.07, 6.45) is 2.60. The summed E-state index contributed by atoms with van der Waals surface area (Å²) in [7, 11) is 1.80. The Labute approximate surface area is 152 Å². The molecule has 26 heavy (non-hydrogen) atoms. The molecular weight excluding hydrogens is 332 g/mol. The van der Waals surface area contributed by atoms with Crippen molar-refractivity contribution in [1.82, 2.24) is 30.0 Å². The van der Waals surface area contributed by atoms with Gasteiger partial charge in [0.15, 0.2) is 5.82 Å². The van der Waals surface area contributed by atoms with E-state index in [1.165, 1.54) is 0 Å². The van der Waals surface area contributed by atoms with Crippen molar-refractivity contribution in [1.29, 1.82) is 0 Å². The van der Waals surface area contributed by atoms with Crippen LogP contribution in [0, 0.1) is 6.92 Å². The van der Waals surface area contributed by atoms with Gasteiger partial charge in [-0.25, -0.2) is 0 Å². The van der Waals surface area contributed by atoms with Crippen molar-refractivity contribution in [3.8, 4) is 5.69 Å². The molecule has 0 radical (unpaired) electrons. The van der Waals surface area contributed by atoms with Gasteiger partial charge in [-0.05, 0) is 42.0 Å². The summed E-state index contributed by atoms with van der Waals surface area (Å²) in [5.41, 5.74) is 1.26. The number of carbonyl (C=O) groups excluding carboxylic acids is 2. The van der Waals surface area contributed by atoms with Crippen LogP contribution in [0.3, 0.4) is 0 Å². The lowest BCUT2D eigenvalue weighted by atomic mass is 10.0. The first-order valence-corrected chi connectivity index (χ1v) is 8.94. The van der Waals surface area contributed by atoms with Crippen LogP contribution in [0.2, 0.25) is 0 Å². The molecule has 1 aliphatic rings.